The van der Waals surface area contributed by atoms with Gasteiger partial charge >= 0.3 is 6.61 Å². The van der Waals surface area contributed by atoms with E-state index in [1.54, 1.807) is 22.7 Å². The number of rotatable bonds is 2. The van der Waals surface area contributed by atoms with Crippen molar-refractivity contribution < 1.29 is 13.5 Å². The van der Waals surface area contributed by atoms with Gasteiger partial charge < -0.3 is 4.74 Å². The maximum absolute atomic E-state index is 12.8. The molecule has 1 aliphatic rings. The molecule has 0 saturated carbocycles. The van der Waals surface area contributed by atoms with Crippen LogP contribution in [0.2, 0.25) is 5.02 Å². The number of alkyl halides is 2. The summed E-state index contributed by atoms with van der Waals surface area (Å²) >= 11 is 6.14. The molecule has 4 nitrogen and oxygen atoms in total. The minimum atomic E-state index is -2.85. The van der Waals surface area contributed by atoms with Gasteiger partial charge in [-0.05, 0) is 30.8 Å². The van der Waals surface area contributed by atoms with Gasteiger partial charge in [0.2, 0.25) is 0 Å². The second-order valence-corrected chi connectivity index (χ2v) is 6.66. The van der Waals surface area contributed by atoms with E-state index < -0.39 is 6.61 Å². The largest absolute Gasteiger partial charge is 0.435 e. The highest BCUT2D eigenvalue weighted by Crippen LogP contribution is 2.33. The zero-order valence-corrected chi connectivity index (χ0v) is 14.3. The van der Waals surface area contributed by atoms with Gasteiger partial charge in [0.1, 0.15) is 5.75 Å². The second kappa shape index (κ2) is 6.28. The van der Waals surface area contributed by atoms with Crippen molar-refractivity contribution in [2.45, 2.75) is 26.1 Å². The van der Waals surface area contributed by atoms with E-state index in [2.05, 4.69) is 10.00 Å². The molecule has 1 aromatic carbocycles. The standard InChI is InChI=1S/C18H16ClF2N3O/c1-23-9-11-3-2-4-17(25-18(20)21)13(11)8-14-15(10-23)22-24-6-5-12(19)7-16(14)24/h2-7,18H,8-10H2,1H3. The molecule has 0 atom stereocenters. The monoisotopic (exact) mass is 363 g/mol. The topological polar surface area (TPSA) is 29.8 Å². The molecule has 7 heteroatoms. The third kappa shape index (κ3) is 3.07. The van der Waals surface area contributed by atoms with Crippen molar-refractivity contribution in [3.63, 3.8) is 0 Å². The van der Waals surface area contributed by atoms with Crippen molar-refractivity contribution in [1.29, 1.82) is 0 Å². The van der Waals surface area contributed by atoms with Crippen LogP contribution in [0.4, 0.5) is 8.78 Å². The van der Waals surface area contributed by atoms with E-state index in [9.17, 15) is 8.78 Å². The molecule has 0 saturated heterocycles. The number of halogens is 3. The first-order valence-corrected chi connectivity index (χ1v) is 8.29. The summed E-state index contributed by atoms with van der Waals surface area (Å²) in [5, 5.41) is 5.25. The average Bonchev–Trinajstić information content (AvgIpc) is 2.84. The van der Waals surface area contributed by atoms with Gasteiger partial charge in [-0.3, -0.25) is 4.90 Å². The Labute approximate surface area is 148 Å². The summed E-state index contributed by atoms with van der Waals surface area (Å²) in [7, 11) is 1.98. The zero-order valence-electron chi connectivity index (χ0n) is 13.5. The number of benzene rings is 1. The summed E-state index contributed by atoms with van der Waals surface area (Å²) in [5.74, 6) is 0.218. The van der Waals surface area contributed by atoms with Crippen molar-refractivity contribution in [3.05, 3.63) is 63.9 Å². The van der Waals surface area contributed by atoms with E-state index in [0.717, 1.165) is 27.9 Å². The molecule has 1 aliphatic heterocycles. The normalized spacial score (nSPS) is 14.9. The molecule has 0 radical (unpaired) electrons. The van der Waals surface area contributed by atoms with Crippen molar-refractivity contribution in [3.8, 4) is 5.75 Å². The lowest BCUT2D eigenvalue weighted by molar-refractivity contribution is -0.0504. The number of aromatic nitrogens is 2. The number of hydrogen-bond donors (Lipinski definition) is 0. The van der Waals surface area contributed by atoms with Crippen LogP contribution < -0.4 is 4.74 Å². The fraction of sp³-hybridized carbons (Fsp3) is 0.278. The average molecular weight is 364 g/mol. The predicted octanol–water partition coefficient (Wildman–Crippen LogP) is 4.13. The molecule has 130 valence electrons. The minimum Gasteiger partial charge on any atom is -0.435 e. The van der Waals surface area contributed by atoms with Gasteiger partial charge in [0, 0.05) is 41.9 Å². The summed E-state index contributed by atoms with van der Waals surface area (Å²) in [4.78, 5) is 2.11. The molecule has 0 unspecified atom stereocenters. The van der Waals surface area contributed by atoms with Crippen molar-refractivity contribution >= 4 is 17.1 Å². The van der Waals surface area contributed by atoms with Gasteiger partial charge in [-0.25, -0.2) is 4.52 Å². The lowest BCUT2D eigenvalue weighted by Gasteiger charge is -2.23. The molecular weight excluding hydrogens is 348 g/mol. The molecule has 3 aromatic rings. The van der Waals surface area contributed by atoms with Crippen LogP contribution in [0, 0.1) is 0 Å². The molecule has 0 bridgehead atoms. The van der Waals surface area contributed by atoms with Gasteiger partial charge in [-0.2, -0.15) is 13.9 Å². The van der Waals surface area contributed by atoms with Crippen LogP contribution in [0.5, 0.6) is 5.75 Å². The molecule has 3 heterocycles. The van der Waals surface area contributed by atoms with Crippen LogP contribution in [-0.4, -0.2) is 28.2 Å². The van der Waals surface area contributed by atoms with Gasteiger partial charge in [0.25, 0.3) is 0 Å². The lowest BCUT2D eigenvalue weighted by Crippen LogP contribution is -2.22. The maximum Gasteiger partial charge on any atom is 0.387 e. The summed E-state index contributed by atoms with van der Waals surface area (Å²) in [5.41, 5.74) is 4.54. The molecule has 0 N–H and O–H groups in total. The summed E-state index contributed by atoms with van der Waals surface area (Å²) in [6.45, 7) is -1.54. The first-order chi connectivity index (χ1) is 12.0. The first-order valence-electron chi connectivity index (χ1n) is 7.91. The highest BCUT2D eigenvalue weighted by atomic mass is 35.5. The zero-order chi connectivity index (χ0) is 17.6. The first kappa shape index (κ1) is 16.3. The van der Waals surface area contributed by atoms with Crippen LogP contribution in [0.1, 0.15) is 22.4 Å². The Kier molecular flexibility index (Phi) is 4.09. The predicted molar refractivity (Wildman–Crippen MR) is 91.3 cm³/mol. The Morgan fingerprint density at radius 2 is 2.04 bits per heavy atom. The Hall–Kier alpha value is -2.18. The molecule has 25 heavy (non-hydrogen) atoms. The van der Waals surface area contributed by atoms with Gasteiger partial charge in [-0.1, -0.05) is 23.7 Å². The second-order valence-electron chi connectivity index (χ2n) is 6.22. The summed E-state index contributed by atoms with van der Waals surface area (Å²) in [6, 6.07) is 8.92. The lowest BCUT2D eigenvalue weighted by atomic mass is 9.95. The van der Waals surface area contributed by atoms with Gasteiger partial charge in [-0.15, -0.1) is 0 Å². The van der Waals surface area contributed by atoms with E-state index in [-0.39, 0.29) is 5.75 Å². The number of hydrogen-bond acceptors (Lipinski definition) is 3. The van der Waals surface area contributed by atoms with Crippen LogP contribution >= 0.6 is 11.6 Å². The number of ether oxygens (including phenoxy) is 1. The Morgan fingerprint density at radius 1 is 1.20 bits per heavy atom. The maximum atomic E-state index is 12.8. The van der Waals surface area contributed by atoms with Gasteiger partial charge in [0.15, 0.2) is 0 Å². The Balaban J connectivity index is 1.90. The van der Waals surface area contributed by atoms with Crippen LogP contribution in [0.3, 0.4) is 0 Å². The Morgan fingerprint density at radius 3 is 2.84 bits per heavy atom. The van der Waals surface area contributed by atoms with Crippen LogP contribution in [0.15, 0.2) is 36.5 Å². The highest BCUT2D eigenvalue weighted by Gasteiger charge is 2.23. The fourth-order valence-electron chi connectivity index (χ4n) is 3.38. The van der Waals surface area contributed by atoms with Crippen LogP contribution in [-0.2, 0) is 19.5 Å². The fourth-order valence-corrected chi connectivity index (χ4v) is 3.54. The van der Waals surface area contributed by atoms with E-state index in [1.165, 1.54) is 0 Å². The quantitative estimate of drug-likeness (QED) is 0.686. The van der Waals surface area contributed by atoms with E-state index in [0.29, 0.717) is 24.5 Å². The molecule has 0 amide bonds. The summed E-state index contributed by atoms with van der Waals surface area (Å²) in [6.07, 6.45) is 2.29. The number of fused-ring (bicyclic) bond motifs is 4. The van der Waals surface area contributed by atoms with E-state index in [1.807, 2.05) is 25.4 Å². The third-order valence-electron chi connectivity index (χ3n) is 4.44. The Bertz CT molecular complexity index is 927. The van der Waals surface area contributed by atoms with Crippen molar-refractivity contribution in [1.82, 2.24) is 14.5 Å². The number of nitrogens with zero attached hydrogens (tertiary/aromatic N) is 3. The van der Waals surface area contributed by atoms with Gasteiger partial charge in [0.05, 0.1) is 11.2 Å². The SMILES string of the molecule is CN1Cc2cccc(OC(F)F)c2Cc2c(nn3ccc(Cl)cc23)C1. The molecule has 2 aromatic heterocycles. The third-order valence-corrected chi connectivity index (χ3v) is 4.68. The summed E-state index contributed by atoms with van der Waals surface area (Å²) < 4.78 is 32.2. The number of pyridine rings is 1. The molecule has 0 aliphatic carbocycles. The molecule has 0 fully saturated rings. The molecular formula is C18H16ClF2N3O. The van der Waals surface area contributed by atoms with Crippen molar-refractivity contribution in [2.75, 3.05) is 7.05 Å². The minimum absolute atomic E-state index is 0.218. The van der Waals surface area contributed by atoms with E-state index in [4.69, 9.17) is 16.3 Å². The van der Waals surface area contributed by atoms with E-state index >= 15 is 0 Å². The molecule has 4 rings (SSSR count). The highest BCUT2D eigenvalue weighted by molar-refractivity contribution is 6.30. The van der Waals surface area contributed by atoms with Crippen LogP contribution in [0.25, 0.3) is 5.52 Å². The molecule has 0 spiro atoms. The smallest absolute Gasteiger partial charge is 0.387 e. The van der Waals surface area contributed by atoms with Crippen molar-refractivity contribution in [2.24, 2.45) is 0 Å².